The lowest BCUT2D eigenvalue weighted by Crippen LogP contribution is -2.54. The van der Waals surface area contributed by atoms with Crippen molar-refractivity contribution in [2.24, 2.45) is 0 Å². The molecular formula is C13H19ClN4O. The molecule has 0 saturated carbocycles. The fourth-order valence-electron chi connectivity index (χ4n) is 1.98. The summed E-state index contributed by atoms with van der Waals surface area (Å²) in [6.07, 6.45) is 0. The number of amides is 1. The molecule has 1 aliphatic heterocycles. The van der Waals surface area contributed by atoms with Gasteiger partial charge < -0.3 is 10.2 Å². The van der Waals surface area contributed by atoms with Crippen molar-refractivity contribution in [1.29, 1.82) is 0 Å². The van der Waals surface area contributed by atoms with Crippen LogP contribution in [0.3, 0.4) is 0 Å². The van der Waals surface area contributed by atoms with Gasteiger partial charge in [-0.2, -0.15) is 0 Å². The molecule has 0 spiro atoms. The summed E-state index contributed by atoms with van der Waals surface area (Å²) >= 11 is 6.08. The lowest BCUT2D eigenvalue weighted by molar-refractivity contribution is -0.122. The van der Waals surface area contributed by atoms with E-state index in [-0.39, 0.29) is 17.4 Å². The molecule has 0 bridgehead atoms. The number of piperazine rings is 1. The van der Waals surface area contributed by atoms with E-state index in [4.69, 9.17) is 11.6 Å². The van der Waals surface area contributed by atoms with Crippen LogP contribution in [0, 0.1) is 0 Å². The normalized spacial score (nSPS) is 20.4. The first-order chi connectivity index (χ1) is 8.79. The summed E-state index contributed by atoms with van der Waals surface area (Å²) in [7, 11) is 0. The average molecular weight is 283 g/mol. The number of halogens is 1. The Balaban J connectivity index is 2.39. The minimum atomic E-state index is -0.243. The van der Waals surface area contributed by atoms with Crippen LogP contribution in [0.15, 0.2) is 6.07 Å². The van der Waals surface area contributed by atoms with Crippen molar-refractivity contribution in [2.75, 3.05) is 18.0 Å². The summed E-state index contributed by atoms with van der Waals surface area (Å²) in [5, 5.41) is 3.24. The molecule has 1 unspecified atom stereocenters. The highest BCUT2D eigenvalue weighted by Gasteiger charge is 2.28. The first-order valence-corrected chi connectivity index (χ1v) is 6.76. The molecule has 1 aliphatic rings. The maximum Gasteiger partial charge on any atom is 0.242 e. The molecular weight excluding hydrogens is 264 g/mol. The molecule has 2 heterocycles. The number of nitrogens with one attached hydrogen (secondary N) is 1. The molecule has 1 aromatic heterocycles. The molecule has 19 heavy (non-hydrogen) atoms. The van der Waals surface area contributed by atoms with Crippen molar-refractivity contribution in [3.63, 3.8) is 0 Å². The highest BCUT2D eigenvalue weighted by Crippen LogP contribution is 2.25. The van der Waals surface area contributed by atoms with E-state index in [1.165, 1.54) is 0 Å². The topological polar surface area (TPSA) is 58.1 Å². The molecule has 1 N–H and O–H groups in total. The van der Waals surface area contributed by atoms with Crippen molar-refractivity contribution in [3.05, 3.63) is 17.0 Å². The van der Waals surface area contributed by atoms with Crippen LogP contribution in [0.5, 0.6) is 0 Å². The van der Waals surface area contributed by atoms with Crippen LogP contribution in [-0.4, -0.2) is 35.0 Å². The summed E-state index contributed by atoms with van der Waals surface area (Å²) in [6.45, 7) is 9.32. The first-order valence-electron chi connectivity index (χ1n) is 6.38. The minimum Gasteiger partial charge on any atom is -0.353 e. The minimum absolute atomic E-state index is 0.0123. The van der Waals surface area contributed by atoms with Gasteiger partial charge in [0.05, 0.1) is 0 Å². The highest BCUT2D eigenvalue weighted by atomic mass is 35.5. The molecule has 1 aromatic rings. The number of rotatable bonds is 1. The van der Waals surface area contributed by atoms with E-state index in [9.17, 15) is 4.79 Å². The molecule has 6 heteroatoms. The van der Waals surface area contributed by atoms with Crippen LogP contribution in [-0.2, 0) is 10.2 Å². The molecule has 5 nitrogen and oxygen atoms in total. The lowest BCUT2D eigenvalue weighted by atomic mass is 9.96. The van der Waals surface area contributed by atoms with Crippen molar-refractivity contribution in [3.8, 4) is 0 Å². The molecule has 1 atom stereocenters. The highest BCUT2D eigenvalue weighted by molar-refractivity contribution is 6.29. The van der Waals surface area contributed by atoms with Gasteiger partial charge in [0, 0.05) is 24.6 Å². The molecule has 0 radical (unpaired) electrons. The second-order valence-electron chi connectivity index (χ2n) is 5.78. The Morgan fingerprint density at radius 1 is 1.42 bits per heavy atom. The third-order valence-corrected chi connectivity index (χ3v) is 3.34. The molecule has 2 rings (SSSR count). The van der Waals surface area contributed by atoms with E-state index >= 15 is 0 Å². The van der Waals surface area contributed by atoms with Gasteiger partial charge >= 0.3 is 0 Å². The van der Waals surface area contributed by atoms with E-state index in [1.807, 2.05) is 32.6 Å². The van der Waals surface area contributed by atoms with Crippen molar-refractivity contribution < 1.29 is 4.79 Å². The van der Waals surface area contributed by atoms with E-state index < -0.39 is 0 Å². The summed E-state index contributed by atoms with van der Waals surface area (Å²) in [4.78, 5) is 22.5. The van der Waals surface area contributed by atoms with Gasteiger partial charge in [-0.25, -0.2) is 9.97 Å². The standard InChI is InChI=1S/C13H19ClN4O/c1-8-11(19)15-5-6-18(8)10-7-9(14)16-12(17-10)13(2,3)4/h7-8H,5-6H2,1-4H3,(H,15,19). The van der Waals surface area contributed by atoms with Crippen molar-refractivity contribution in [2.45, 2.75) is 39.2 Å². The van der Waals surface area contributed by atoms with Crippen LogP contribution in [0.25, 0.3) is 0 Å². The zero-order valence-corrected chi connectivity index (χ0v) is 12.5. The maximum atomic E-state index is 11.7. The van der Waals surface area contributed by atoms with E-state index in [1.54, 1.807) is 6.07 Å². The Morgan fingerprint density at radius 3 is 2.74 bits per heavy atom. The number of hydrogen-bond acceptors (Lipinski definition) is 4. The van der Waals surface area contributed by atoms with Gasteiger partial charge in [0.25, 0.3) is 0 Å². The summed E-state index contributed by atoms with van der Waals surface area (Å²) in [5.41, 5.74) is -0.180. The third kappa shape index (κ3) is 2.97. The Bertz CT molecular complexity index is 498. The number of aromatic nitrogens is 2. The quantitative estimate of drug-likeness (QED) is 0.798. The Morgan fingerprint density at radius 2 is 2.11 bits per heavy atom. The van der Waals surface area contributed by atoms with Gasteiger partial charge in [0.1, 0.15) is 22.8 Å². The SMILES string of the molecule is CC1C(=O)NCCN1c1cc(Cl)nc(C(C)(C)C)n1. The fraction of sp³-hybridized carbons (Fsp3) is 0.615. The second-order valence-corrected chi connectivity index (χ2v) is 6.17. The van der Waals surface area contributed by atoms with Gasteiger partial charge in [0.15, 0.2) is 0 Å². The zero-order valence-electron chi connectivity index (χ0n) is 11.7. The molecule has 1 amide bonds. The number of carbonyl (C=O) groups is 1. The number of hydrogen-bond donors (Lipinski definition) is 1. The van der Waals surface area contributed by atoms with Crippen LogP contribution < -0.4 is 10.2 Å². The third-order valence-electron chi connectivity index (χ3n) is 3.15. The van der Waals surface area contributed by atoms with Gasteiger partial charge in [-0.15, -0.1) is 0 Å². The van der Waals surface area contributed by atoms with Crippen LogP contribution in [0.1, 0.15) is 33.5 Å². The van der Waals surface area contributed by atoms with Crippen LogP contribution in [0.2, 0.25) is 5.15 Å². The Hall–Kier alpha value is -1.36. The maximum absolute atomic E-state index is 11.7. The zero-order chi connectivity index (χ0) is 14.2. The van der Waals surface area contributed by atoms with E-state index in [2.05, 4.69) is 15.3 Å². The second kappa shape index (κ2) is 4.96. The summed E-state index contributed by atoms with van der Waals surface area (Å²) in [6, 6.07) is 1.47. The molecule has 0 aliphatic carbocycles. The number of anilines is 1. The predicted molar refractivity (Wildman–Crippen MR) is 75.6 cm³/mol. The van der Waals surface area contributed by atoms with Crippen molar-refractivity contribution in [1.82, 2.24) is 15.3 Å². The van der Waals surface area contributed by atoms with E-state index in [0.29, 0.717) is 23.3 Å². The number of carbonyl (C=O) groups excluding carboxylic acids is 1. The fourth-order valence-corrected chi connectivity index (χ4v) is 2.16. The number of nitrogens with zero attached hydrogens (tertiary/aromatic N) is 3. The average Bonchev–Trinajstić information content (AvgIpc) is 2.31. The lowest BCUT2D eigenvalue weighted by Gasteiger charge is -2.34. The van der Waals surface area contributed by atoms with Crippen molar-refractivity contribution >= 4 is 23.3 Å². The van der Waals surface area contributed by atoms with Gasteiger partial charge in [-0.05, 0) is 6.92 Å². The molecule has 1 fully saturated rings. The van der Waals surface area contributed by atoms with Crippen LogP contribution in [0.4, 0.5) is 5.82 Å². The van der Waals surface area contributed by atoms with Gasteiger partial charge in [-0.3, -0.25) is 4.79 Å². The van der Waals surface area contributed by atoms with E-state index in [0.717, 1.165) is 6.54 Å². The largest absolute Gasteiger partial charge is 0.353 e. The Labute approximate surface area is 118 Å². The summed E-state index contributed by atoms with van der Waals surface area (Å²) in [5.74, 6) is 1.42. The van der Waals surface area contributed by atoms with Gasteiger partial charge in [0.2, 0.25) is 5.91 Å². The molecule has 1 saturated heterocycles. The molecule has 0 aromatic carbocycles. The smallest absolute Gasteiger partial charge is 0.242 e. The Kier molecular flexibility index (Phi) is 3.67. The molecule has 104 valence electrons. The predicted octanol–water partition coefficient (Wildman–Crippen LogP) is 1.75. The van der Waals surface area contributed by atoms with Crippen LogP contribution >= 0.6 is 11.6 Å². The summed E-state index contributed by atoms with van der Waals surface area (Å²) < 4.78 is 0. The first kappa shape index (κ1) is 14.1. The van der Waals surface area contributed by atoms with Gasteiger partial charge in [-0.1, -0.05) is 32.4 Å². The monoisotopic (exact) mass is 282 g/mol.